The summed E-state index contributed by atoms with van der Waals surface area (Å²) in [7, 11) is 0. The predicted octanol–water partition coefficient (Wildman–Crippen LogP) is 3.41. The first-order chi connectivity index (χ1) is 8.52. The van der Waals surface area contributed by atoms with E-state index in [1.54, 1.807) is 31.2 Å². The summed E-state index contributed by atoms with van der Waals surface area (Å²) in [6, 6.07) is 7.21. The maximum atomic E-state index is 11.8. The molecule has 2 unspecified atom stereocenters. The van der Waals surface area contributed by atoms with Gasteiger partial charge in [-0.1, -0.05) is 31.0 Å². The lowest BCUT2D eigenvalue weighted by atomic mass is 10.2. The molecule has 0 spiro atoms. The van der Waals surface area contributed by atoms with Gasteiger partial charge in [-0.25, -0.2) is 0 Å². The number of halogens is 1. The van der Waals surface area contributed by atoms with Crippen LogP contribution in [-0.2, 0) is 4.79 Å². The van der Waals surface area contributed by atoms with E-state index in [0.717, 1.165) is 12.8 Å². The quantitative estimate of drug-likeness (QED) is 0.859. The van der Waals surface area contributed by atoms with Crippen molar-refractivity contribution in [2.75, 3.05) is 0 Å². The number of hydrogen-bond acceptors (Lipinski definition) is 2. The first-order valence-electron chi connectivity index (χ1n) is 6.25. The average Bonchev–Trinajstić information content (AvgIpc) is 2.29. The SMILES string of the molecule is CCCC(C)NC(=O)C(C)Oc1cccc(Cl)c1. The predicted molar refractivity (Wildman–Crippen MR) is 74.1 cm³/mol. The van der Waals surface area contributed by atoms with Crippen LogP contribution >= 0.6 is 11.6 Å². The van der Waals surface area contributed by atoms with Gasteiger partial charge in [-0.15, -0.1) is 0 Å². The van der Waals surface area contributed by atoms with Crippen molar-refractivity contribution in [3.63, 3.8) is 0 Å². The molecule has 0 aliphatic heterocycles. The maximum Gasteiger partial charge on any atom is 0.260 e. The summed E-state index contributed by atoms with van der Waals surface area (Å²) in [5, 5.41) is 3.52. The van der Waals surface area contributed by atoms with Crippen LogP contribution in [0.2, 0.25) is 5.02 Å². The number of carbonyl (C=O) groups is 1. The minimum Gasteiger partial charge on any atom is -0.481 e. The molecule has 18 heavy (non-hydrogen) atoms. The molecule has 0 aliphatic rings. The van der Waals surface area contributed by atoms with E-state index in [0.29, 0.717) is 10.8 Å². The van der Waals surface area contributed by atoms with Crippen molar-refractivity contribution >= 4 is 17.5 Å². The van der Waals surface area contributed by atoms with Gasteiger partial charge in [0.15, 0.2) is 6.10 Å². The lowest BCUT2D eigenvalue weighted by Crippen LogP contribution is -2.41. The molecule has 1 amide bonds. The highest BCUT2D eigenvalue weighted by atomic mass is 35.5. The fraction of sp³-hybridized carbons (Fsp3) is 0.500. The minimum absolute atomic E-state index is 0.101. The zero-order valence-corrected chi connectivity index (χ0v) is 11.8. The Bertz CT molecular complexity index is 395. The van der Waals surface area contributed by atoms with Gasteiger partial charge in [-0.05, 0) is 38.5 Å². The number of ether oxygens (including phenoxy) is 1. The Morgan fingerprint density at radius 3 is 2.78 bits per heavy atom. The number of amides is 1. The summed E-state index contributed by atoms with van der Waals surface area (Å²) in [5.74, 6) is 0.504. The highest BCUT2D eigenvalue weighted by molar-refractivity contribution is 6.30. The Balaban J connectivity index is 2.49. The van der Waals surface area contributed by atoms with Crippen LogP contribution in [0.15, 0.2) is 24.3 Å². The third kappa shape index (κ3) is 4.96. The van der Waals surface area contributed by atoms with Gasteiger partial charge < -0.3 is 10.1 Å². The summed E-state index contributed by atoms with van der Waals surface area (Å²) in [5.41, 5.74) is 0. The summed E-state index contributed by atoms with van der Waals surface area (Å²) < 4.78 is 5.54. The van der Waals surface area contributed by atoms with E-state index in [9.17, 15) is 4.79 Å². The molecule has 0 saturated heterocycles. The molecule has 0 aromatic heterocycles. The Hall–Kier alpha value is -1.22. The first-order valence-corrected chi connectivity index (χ1v) is 6.63. The largest absolute Gasteiger partial charge is 0.481 e. The Kier molecular flexibility index (Phi) is 5.99. The van der Waals surface area contributed by atoms with E-state index >= 15 is 0 Å². The number of hydrogen-bond donors (Lipinski definition) is 1. The van der Waals surface area contributed by atoms with Crippen LogP contribution in [0.5, 0.6) is 5.75 Å². The van der Waals surface area contributed by atoms with Gasteiger partial charge in [0, 0.05) is 11.1 Å². The molecule has 0 radical (unpaired) electrons. The zero-order valence-electron chi connectivity index (χ0n) is 11.1. The molecule has 0 bridgehead atoms. The summed E-state index contributed by atoms with van der Waals surface area (Å²) >= 11 is 5.85. The smallest absolute Gasteiger partial charge is 0.260 e. The Labute approximate surface area is 113 Å². The van der Waals surface area contributed by atoms with Crippen LogP contribution < -0.4 is 10.1 Å². The van der Waals surface area contributed by atoms with E-state index in [1.165, 1.54) is 0 Å². The molecular weight excluding hydrogens is 250 g/mol. The van der Waals surface area contributed by atoms with Crippen molar-refractivity contribution in [2.24, 2.45) is 0 Å². The van der Waals surface area contributed by atoms with Crippen LogP contribution in [0.4, 0.5) is 0 Å². The van der Waals surface area contributed by atoms with Crippen molar-refractivity contribution < 1.29 is 9.53 Å². The van der Waals surface area contributed by atoms with Gasteiger partial charge >= 0.3 is 0 Å². The highest BCUT2D eigenvalue weighted by Crippen LogP contribution is 2.18. The standard InChI is InChI=1S/C14H20ClNO2/c1-4-6-10(2)16-14(17)11(3)18-13-8-5-7-12(15)9-13/h5,7-11H,4,6H2,1-3H3,(H,16,17). The van der Waals surface area contributed by atoms with Crippen LogP contribution in [0.3, 0.4) is 0 Å². The number of carbonyl (C=O) groups excluding carboxylic acids is 1. The van der Waals surface area contributed by atoms with E-state index in [-0.39, 0.29) is 11.9 Å². The molecule has 4 heteroatoms. The molecule has 0 aliphatic carbocycles. The number of rotatable bonds is 6. The van der Waals surface area contributed by atoms with Crippen LogP contribution in [-0.4, -0.2) is 18.1 Å². The third-order valence-corrected chi connectivity index (χ3v) is 2.82. The summed E-state index contributed by atoms with van der Waals surface area (Å²) in [6.45, 7) is 5.82. The lowest BCUT2D eigenvalue weighted by Gasteiger charge is -2.18. The first kappa shape index (κ1) is 14.8. The molecule has 1 rings (SSSR count). The normalized spacial score (nSPS) is 13.8. The number of benzene rings is 1. The van der Waals surface area contributed by atoms with Crippen molar-refractivity contribution in [1.82, 2.24) is 5.32 Å². The molecule has 1 aromatic carbocycles. The topological polar surface area (TPSA) is 38.3 Å². The van der Waals surface area contributed by atoms with E-state index < -0.39 is 6.10 Å². The molecule has 0 saturated carbocycles. The molecule has 3 nitrogen and oxygen atoms in total. The zero-order chi connectivity index (χ0) is 13.5. The monoisotopic (exact) mass is 269 g/mol. The van der Waals surface area contributed by atoms with Gasteiger partial charge in [0.25, 0.3) is 5.91 Å². The second-order valence-electron chi connectivity index (χ2n) is 4.42. The number of nitrogens with one attached hydrogen (secondary N) is 1. The van der Waals surface area contributed by atoms with Crippen molar-refractivity contribution in [3.8, 4) is 5.75 Å². The Morgan fingerprint density at radius 1 is 1.44 bits per heavy atom. The van der Waals surface area contributed by atoms with Gasteiger partial charge in [0.1, 0.15) is 5.75 Å². The van der Waals surface area contributed by atoms with Crippen LogP contribution in [0.1, 0.15) is 33.6 Å². The second-order valence-corrected chi connectivity index (χ2v) is 4.85. The molecule has 2 atom stereocenters. The minimum atomic E-state index is -0.525. The van der Waals surface area contributed by atoms with Crippen molar-refractivity contribution in [3.05, 3.63) is 29.3 Å². The van der Waals surface area contributed by atoms with E-state index in [4.69, 9.17) is 16.3 Å². The van der Waals surface area contributed by atoms with Crippen molar-refractivity contribution in [2.45, 2.75) is 45.8 Å². The molecule has 1 aromatic rings. The Morgan fingerprint density at radius 2 is 2.17 bits per heavy atom. The third-order valence-electron chi connectivity index (χ3n) is 2.59. The van der Waals surface area contributed by atoms with Crippen LogP contribution in [0, 0.1) is 0 Å². The van der Waals surface area contributed by atoms with Gasteiger partial charge in [0.2, 0.25) is 0 Å². The average molecular weight is 270 g/mol. The highest BCUT2D eigenvalue weighted by Gasteiger charge is 2.16. The fourth-order valence-corrected chi connectivity index (χ4v) is 1.84. The molecule has 100 valence electrons. The van der Waals surface area contributed by atoms with Gasteiger partial charge in [-0.2, -0.15) is 0 Å². The van der Waals surface area contributed by atoms with Gasteiger partial charge in [0.05, 0.1) is 0 Å². The lowest BCUT2D eigenvalue weighted by molar-refractivity contribution is -0.127. The molecule has 0 fully saturated rings. The molecule has 0 heterocycles. The summed E-state index contributed by atoms with van der Waals surface area (Å²) in [6.07, 6.45) is 1.49. The molecule has 1 N–H and O–H groups in total. The second kappa shape index (κ2) is 7.27. The molecular formula is C14H20ClNO2. The van der Waals surface area contributed by atoms with E-state index in [2.05, 4.69) is 12.2 Å². The van der Waals surface area contributed by atoms with Crippen molar-refractivity contribution in [1.29, 1.82) is 0 Å². The fourth-order valence-electron chi connectivity index (χ4n) is 1.66. The maximum absolute atomic E-state index is 11.8. The summed E-state index contributed by atoms with van der Waals surface area (Å²) in [4.78, 5) is 11.8. The van der Waals surface area contributed by atoms with Gasteiger partial charge in [-0.3, -0.25) is 4.79 Å². The van der Waals surface area contributed by atoms with E-state index in [1.807, 2.05) is 6.92 Å². The van der Waals surface area contributed by atoms with Crippen LogP contribution in [0.25, 0.3) is 0 Å².